The number of pyridine rings is 1. The van der Waals surface area contributed by atoms with Crippen LogP contribution in [0, 0.1) is 0 Å². The molecule has 0 saturated carbocycles. The van der Waals surface area contributed by atoms with E-state index in [1.54, 1.807) is 12.3 Å². The van der Waals surface area contributed by atoms with Crippen LogP contribution in [-0.4, -0.2) is 46.1 Å². The molecule has 1 saturated heterocycles. The molecule has 28 heavy (non-hydrogen) atoms. The van der Waals surface area contributed by atoms with Crippen LogP contribution in [0.5, 0.6) is 0 Å². The van der Waals surface area contributed by atoms with Crippen molar-refractivity contribution in [1.29, 1.82) is 0 Å². The van der Waals surface area contributed by atoms with Crippen molar-refractivity contribution in [3.05, 3.63) is 66.4 Å². The summed E-state index contributed by atoms with van der Waals surface area (Å²) in [6, 6.07) is 18.2. The number of H-pyrrole nitrogens is 1. The number of sulfonamides is 1. The van der Waals surface area contributed by atoms with Crippen LogP contribution >= 0.6 is 0 Å². The quantitative estimate of drug-likeness (QED) is 0.662. The number of aromatic amines is 1. The first-order chi connectivity index (χ1) is 13.5. The van der Waals surface area contributed by atoms with Gasteiger partial charge in [0.25, 0.3) is 5.82 Å². The number of rotatable bonds is 5. The molecule has 0 radical (unpaired) electrons. The topological polar surface area (TPSA) is 64.0 Å². The molecule has 0 amide bonds. The van der Waals surface area contributed by atoms with Gasteiger partial charge in [0.05, 0.1) is 20.3 Å². The highest BCUT2D eigenvalue weighted by atomic mass is 32.2. The van der Waals surface area contributed by atoms with Crippen molar-refractivity contribution in [2.45, 2.75) is 11.4 Å². The summed E-state index contributed by atoms with van der Waals surface area (Å²) in [7, 11) is -1.50. The monoisotopic (exact) mass is 398 g/mol. The first-order valence-corrected chi connectivity index (χ1v) is 10.8. The zero-order valence-electron chi connectivity index (χ0n) is 15.8. The Balaban J connectivity index is 1.49. The molecular weight excluding hydrogens is 374 g/mol. The standard InChI is InChI=1S/C21H23N3O3S/c1-23(16-17-6-7-18-4-2-3-5-19(18)14-17)21-9-8-20(15-22-21)28(25,26)24-10-12-27-13-11-24/h2-9,14-15H,10-13,16H2,1H3/p+1. The van der Waals surface area contributed by atoms with E-state index in [0.717, 1.165) is 12.4 Å². The number of aromatic nitrogens is 1. The minimum absolute atomic E-state index is 0.275. The van der Waals surface area contributed by atoms with Crippen LogP contribution in [0.3, 0.4) is 0 Å². The van der Waals surface area contributed by atoms with Crippen LogP contribution in [-0.2, 0) is 21.3 Å². The van der Waals surface area contributed by atoms with Gasteiger partial charge in [-0.15, -0.1) is 0 Å². The van der Waals surface area contributed by atoms with Gasteiger partial charge >= 0.3 is 0 Å². The van der Waals surface area contributed by atoms with Gasteiger partial charge in [-0.2, -0.15) is 4.31 Å². The van der Waals surface area contributed by atoms with Gasteiger partial charge in [0.15, 0.2) is 0 Å². The van der Waals surface area contributed by atoms with E-state index in [1.165, 1.54) is 20.6 Å². The molecular formula is C21H24N3O3S+. The first-order valence-electron chi connectivity index (χ1n) is 9.32. The van der Waals surface area contributed by atoms with Gasteiger partial charge in [-0.1, -0.05) is 36.4 Å². The summed E-state index contributed by atoms with van der Waals surface area (Å²) in [5.74, 6) is 0.856. The molecule has 1 aliphatic heterocycles. The largest absolute Gasteiger partial charge is 0.379 e. The number of anilines is 1. The summed E-state index contributed by atoms with van der Waals surface area (Å²) >= 11 is 0. The summed E-state index contributed by atoms with van der Waals surface area (Å²) in [4.78, 5) is 5.47. The van der Waals surface area contributed by atoms with Gasteiger partial charge in [0.1, 0.15) is 17.6 Å². The Morgan fingerprint density at radius 2 is 1.79 bits per heavy atom. The maximum absolute atomic E-state index is 12.7. The third-order valence-corrected chi connectivity index (χ3v) is 6.92. The van der Waals surface area contributed by atoms with Crippen LogP contribution in [0.1, 0.15) is 5.56 Å². The van der Waals surface area contributed by atoms with Crippen LogP contribution in [0.15, 0.2) is 65.7 Å². The van der Waals surface area contributed by atoms with Crippen molar-refractivity contribution in [1.82, 2.24) is 4.31 Å². The Hall–Kier alpha value is -2.48. The van der Waals surface area contributed by atoms with Crippen molar-refractivity contribution >= 4 is 26.6 Å². The van der Waals surface area contributed by atoms with Crippen LogP contribution in [0.25, 0.3) is 10.8 Å². The van der Waals surface area contributed by atoms with Crippen LogP contribution < -0.4 is 9.88 Å². The highest BCUT2D eigenvalue weighted by molar-refractivity contribution is 7.89. The van der Waals surface area contributed by atoms with E-state index in [4.69, 9.17) is 4.74 Å². The van der Waals surface area contributed by atoms with Crippen molar-refractivity contribution < 1.29 is 18.1 Å². The fraction of sp³-hybridized carbons (Fsp3) is 0.286. The second kappa shape index (κ2) is 7.87. The lowest BCUT2D eigenvalue weighted by atomic mass is 10.1. The Morgan fingerprint density at radius 3 is 2.50 bits per heavy atom. The number of hydrogen-bond acceptors (Lipinski definition) is 4. The van der Waals surface area contributed by atoms with E-state index in [-0.39, 0.29) is 4.90 Å². The molecule has 0 unspecified atom stereocenters. The molecule has 7 heteroatoms. The molecule has 1 aliphatic rings. The molecule has 1 N–H and O–H groups in total. The van der Waals surface area contributed by atoms with E-state index in [2.05, 4.69) is 40.2 Å². The number of hydrogen-bond donors (Lipinski definition) is 0. The number of ether oxygens (including phenoxy) is 1. The van der Waals surface area contributed by atoms with Crippen LogP contribution in [0.4, 0.5) is 5.82 Å². The molecule has 0 aliphatic carbocycles. The van der Waals surface area contributed by atoms with Gasteiger partial charge < -0.3 is 4.74 Å². The predicted octanol–water partition coefficient (Wildman–Crippen LogP) is 2.31. The van der Waals surface area contributed by atoms with E-state index < -0.39 is 10.0 Å². The summed E-state index contributed by atoms with van der Waals surface area (Å²) < 4.78 is 32.2. The van der Waals surface area contributed by atoms with Gasteiger partial charge in [0, 0.05) is 19.2 Å². The Morgan fingerprint density at radius 1 is 1.04 bits per heavy atom. The summed E-state index contributed by atoms with van der Waals surface area (Å²) in [6.07, 6.45) is 1.57. The van der Waals surface area contributed by atoms with Crippen molar-refractivity contribution in [3.63, 3.8) is 0 Å². The normalized spacial score (nSPS) is 15.6. The van der Waals surface area contributed by atoms with E-state index in [0.29, 0.717) is 26.3 Å². The predicted molar refractivity (Wildman–Crippen MR) is 109 cm³/mol. The first kappa shape index (κ1) is 18.9. The van der Waals surface area contributed by atoms with E-state index >= 15 is 0 Å². The third kappa shape index (κ3) is 3.87. The molecule has 1 aromatic heterocycles. The minimum Gasteiger partial charge on any atom is -0.379 e. The zero-order chi connectivity index (χ0) is 19.6. The molecule has 6 nitrogen and oxygen atoms in total. The lowest BCUT2D eigenvalue weighted by Gasteiger charge is -2.25. The highest BCUT2D eigenvalue weighted by Crippen LogP contribution is 2.20. The summed E-state index contributed by atoms with van der Waals surface area (Å²) in [6.45, 7) is 2.39. The average molecular weight is 399 g/mol. The van der Waals surface area contributed by atoms with E-state index in [9.17, 15) is 8.42 Å². The van der Waals surface area contributed by atoms with Gasteiger partial charge in [-0.3, -0.25) is 4.90 Å². The van der Waals surface area contributed by atoms with Crippen LogP contribution in [0.2, 0.25) is 0 Å². The Labute approximate surface area is 165 Å². The van der Waals surface area contributed by atoms with Gasteiger partial charge in [-0.05, 0) is 28.5 Å². The summed E-state index contributed by atoms with van der Waals surface area (Å²) in [5.41, 5.74) is 1.19. The maximum atomic E-state index is 12.7. The lowest BCUT2D eigenvalue weighted by molar-refractivity contribution is -0.367. The SMILES string of the molecule is CN(Cc1ccc2ccccc2c1)c1ccc(S(=O)(=O)N2CCOCC2)c[nH+]1. The molecule has 2 heterocycles. The van der Waals surface area contributed by atoms with E-state index in [1.807, 2.05) is 25.2 Å². The number of nitrogens with one attached hydrogen (secondary N) is 1. The summed E-state index contributed by atoms with van der Waals surface area (Å²) in [5, 5.41) is 2.43. The molecule has 4 rings (SSSR count). The fourth-order valence-corrected chi connectivity index (χ4v) is 4.81. The van der Waals surface area contributed by atoms with Gasteiger partial charge in [-0.25, -0.2) is 13.4 Å². The highest BCUT2D eigenvalue weighted by Gasteiger charge is 2.27. The number of nitrogens with zero attached hydrogens (tertiary/aromatic N) is 2. The second-order valence-corrected chi connectivity index (χ2v) is 8.90. The molecule has 146 valence electrons. The lowest BCUT2D eigenvalue weighted by Crippen LogP contribution is -2.41. The second-order valence-electron chi connectivity index (χ2n) is 6.96. The molecule has 0 spiro atoms. The fourth-order valence-electron chi connectivity index (χ4n) is 3.43. The smallest absolute Gasteiger partial charge is 0.274 e. The zero-order valence-corrected chi connectivity index (χ0v) is 16.7. The molecule has 2 aromatic carbocycles. The van der Waals surface area contributed by atoms with Crippen molar-refractivity contribution in [2.75, 3.05) is 38.3 Å². The van der Waals surface area contributed by atoms with Gasteiger partial charge in [0.2, 0.25) is 10.0 Å². The Bertz CT molecular complexity index is 1060. The van der Waals surface area contributed by atoms with Crippen molar-refractivity contribution in [3.8, 4) is 0 Å². The Kier molecular flexibility index (Phi) is 5.30. The van der Waals surface area contributed by atoms with Crippen molar-refractivity contribution in [2.24, 2.45) is 0 Å². The number of benzene rings is 2. The maximum Gasteiger partial charge on any atom is 0.274 e. The third-order valence-electron chi connectivity index (χ3n) is 5.02. The number of fused-ring (bicyclic) bond motifs is 1. The average Bonchev–Trinajstić information content (AvgIpc) is 2.74. The molecule has 0 atom stereocenters. The molecule has 1 fully saturated rings. The molecule has 3 aromatic rings. The number of morpholine rings is 1. The minimum atomic E-state index is -3.48. The molecule has 0 bridgehead atoms.